The molecule has 17 heteroatoms. The van der Waals surface area contributed by atoms with Gasteiger partial charge in [0.05, 0.1) is 35.1 Å². The Balaban J connectivity index is 1.01. The Labute approximate surface area is 299 Å². The number of imide groups is 2. The van der Waals surface area contributed by atoms with Crippen LogP contribution >= 0.6 is 39.3 Å². The highest BCUT2D eigenvalue weighted by atomic mass is 79.9. The molecule has 4 aliphatic heterocycles. The quantitative estimate of drug-likeness (QED) is 0.256. The highest BCUT2D eigenvalue weighted by Crippen LogP contribution is 2.44. The van der Waals surface area contributed by atoms with Gasteiger partial charge in [-0.3, -0.25) is 29.4 Å². The fraction of sp³-hybridized carbons (Fsp3) is 0.406. The third-order valence-electron chi connectivity index (χ3n) is 9.80. The summed E-state index contributed by atoms with van der Waals surface area (Å²) in [7, 11) is 0. The summed E-state index contributed by atoms with van der Waals surface area (Å²) in [6.07, 6.45) is 5.11. The Morgan fingerprint density at radius 3 is 2.57 bits per heavy atom. The predicted molar refractivity (Wildman–Crippen MR) is 185 cm³/mol. The van der Waals surface area contributed by atoms with Crippen LogP contribution in [0.4, 0.5) is 17.5 Å². The molecule has 0 saturated carbocycles. The summed E-state index contributed by atoms with van der Waals surface area (Å²) in [5.74, 6) is -0.897. The van der Waals surface area contributed by atoms with Crippen LogP contribution in [0.3, 0.4) is 0 Å². The van der Waals surface area contributed by atoms with Crippen molar-refractivity contribution in [1.29, 1.82) is 0 Å². The van der Waals surface area contributed by atoms with Gasteiger partial charge in [0.1, 0.15) is 22.7 Å². The highest BCUT2D eigenvalue weighted by Gasteiger charge is 2.50. The summed E-state index contributed by atoms with van der Waals surface area (Å²) >= 11 is 11.2. The van der Waals surface area contributed by atoms with Crippen molar-refractivity contribution in [3.05, 3.63) is 56.8 Å². The molecule has 3 atom stereocenters. The molecule has 0 bridgehead atoms. The van der Waals surface area contributed by atoms with E-state index in [-0.39, 0.29) is 47.3 Å². The number of fused-ring (bicyclic) bond motifs is 1. The minimum atomic E-state index is -1.02. The van der Waals surface area contributed by atoms with Crippen LogP contribution < -0.4 is 27.0 Å². The number of ether oxygens (including phenoxy) is 1. The smallest absolute Gasteiger partial charge is 0.262 e. The van der Waals surface area contributed by atoms with Crippen molar-refractivity contribution in [2.75, 3.05) is 36.1 Å². The molecule has 0 aliphatic carbocycles. The molecule has 256 valence electrons. The second kappa shape index (κ2) is 13.1. The summed E-state index contributed by atoms with van der Waals surface area (Å²) in [5.41, 5.74) is 13.3. The Bertz CT molecular complexity index is 1890. The Morgan fingerprint density at radius 1 is 1.12 bits per heavy atom. The van der Waals surface area contributed by atoms with E-state index >= 15 is 0 Å². The molecule has 1 aromatic carbocycles. The SMILES string of the molecule is C[C@@H]1OCC2(CCN(c3cnc(Sc4ccnc(N)c4Cl)c(N)n3)CC2)[C@@H]1NCc1cc2c(cc1Br)C(=O)N(C1CCC(=O)NC1=O)C2=O. The fourth-order valence-electron chi connectivity index (χ4n) is 7.13. The van der Waals surface area contributed by atoms with E-state index in [1.165, 1.54) is 11.8 Å². The van der Waals surface area contributed by atoms with Gasteiger partial charge in [-0.05, 0) is 49.9 Å². The maximum Gasteiger partial charge on any atom is 0.262 e. The first-order valence-electron chi connectivity index (χ1n) is 15.8. The fourth-order valence-corrected chi connectivity index (χ4v) is 8.63. The van der Waals surface area contributed by atoms with Crippen LogP contribution in [0.5, 0.6) is 0 Å². The molecule has 3 saturated heterocycles. The van der Waals surface area contributed by atoms with E-state index in [2.05, 4.69) is 53.3 Å². The van der Waals surface area contributed by atoms with Gasteiger partial charge in [0.15, 0.2) is 5.82 Å². The Hall–Kier alpha value is -3.83. The molecule has 4 aliphatic rings. The van der Waals surface area contributed by atoms with Crippen LogP contribution in [-0.2, 0) is 20.9 Å². The van der Waals surface area contributed by atoms with Gasteiger partial charge in [-0.1, -0.05) is 39.3 Å². The van der Waals surface area contributed by atoms with Crippen LogP contribution in [0.1, 0.15) is 58.9 Å². The van der Waals surface area contributed by atoms with Crippen molar-refractivity contribution in [3.63, 3.8) is 0 Å². The van der Waals surface area contributed by atoms with E-state index in [9.17, 15) is 19.2 Å². The maximum absolute atomic E-state index is 13.4. The van der Waals surface area contributed by atoms with E-state index < -0.39 is 29.7 Å². The summed E-state index contributed by atoms with van der Waals surface area (Å²) in [4.78, 5) is 67.8. The zero-order valence-corrected chi connectivity index (χ0v) is 29.5. The van der Waals surface area contributed by atoms with Crippen LogP contribution in [0.25, 0.3) is 0 Å². The average molecular weight is 771 g/mol. The number of hydrogen-bond acceptors (Lipinski definition) is 13. The molecule has 6 N–H and O–H groups in total. The van der Waals surface area contributed by atoms with Gasteiger partial charge in [0.2, 0.25) is 11.8 Å². The number of pyridine rings is 1. The van der Waals surface area contributed by atoms with Gasteiger partial charge in [-0.25, -0.2) is 15.0 Å². The third-order valence-corrected chi connectivity index (χ3v) is 12.1. The number of piperidine rings is 2. The van der Waals surface area contributed by atoms with Crippen molar-refractivity contribution in [2.24, 2.45) is 5.41 Å². The van der Waals surface area contributed by atoms with Gasteiger partial charge >= 0.3 is 0 Å². The molecule has 2 aromatic heterocycles. The van der Waals surface area contributed by atoms with Gasteiger partial charge in [-0.2, -0.15) is 0 Å². The molecule has 1 unspecified atom stereocenters. The molecule has 49 heavy (non-hydrogen) atoms. The average Bonchev–Trinajstić information content (AvgIpc) is 3.50. The lowest BCUT2D eigenvalue weighted by Gasteiger charge is -2.43. The second-order valence-electron chi connectivity index (χ2n) is 12.7. The first kappa shape index (κ1) is 33.7. The van der Waals surface area contributed by atoms with Gasteiger partial charge in [-0.15, -0.1) is 0 Å². The number of halogens is 2. The van der Waals surface area contributed by atoms with Crippen LogP contribution in [0.2, 0.25) is 5.02 Å². The van der Waals surface area contributed by atoms with E-state index in [4.69, 9.17) is 27.8 Å². The number of carbonyl (C=O) groups excluding carboxylic acids is 4. The number of benzene rings is 1. The number of amides is 4. The van der Waals surface area contributed by atoms with Gasteiger partial charge < -0.3 is 26.4 Å². The molecule has 14 nitrogen and oxygen atoms in total. The number of carbonyl (C=O) groups is 4. The molecule has 6 heterocycles. The van der Waals surface area contributed by atoms with Crippen molar-refractivity contribution in [1.82, 2.24) is 30.5 Å². The molecular formula is C32H33BrClN9O5S. The molecule has 7 rings (SSSR count). The molecule has 1 spiro atoms. The number of nitrogens with zero attached hydrogens (tertiary/aromatic N) is 5. The highest BCUT2D eigenvalue weighted by molar-refractivity contribution is 9.10. The minimum absolute atomic E-state index is 0.0274. The molecular weight excluding hydrogens is 738 g/mol. The molecule has 0 radical (unpaired) electrons. The normalized spacial score (nSPS) is 23.4. The van der Waals surface area contributed by atoms with E-state index in [0.29, 0.717) is 44.2 Å². The maximum atomic E-state index is 13.4. The molecule has 4 amide bonds. The Kier molecular flexibility index (Phi) is 9.02. The van der Waals surface area contributed by atoms with Crippen molar-refractivity contribution < 1.29 is 23.9 Å². The van der Waals surface area contributed by atoms with Crippen molar-refractivity contribution >= 4 is 80.4 Å². The van der Waals surface area contributed by atoms with Gasteiger partial charge in [0.25, 0.3) is 11.8 Å². The van der Waals surface area contributed by atoms with Crippen LogP contribution in [0, 0.1) is 5.41 Å². The molecule has 3 aromatic rings. The summed E-state index contributed by atoms with van der Waals surface area (Å²) < 4.78 is 6.87. The summed E-state index contributed by atoms with van der Waals surface area (Å²) in [6.45, 7) is 4.56. The van der Waals surface area contributed by atoms with Crippen LogP contribution in [-0.4, -0.2) is 81.4 Å². The monoisotopic (exact) mass is 769 g/mol. The second-order valence-corrected chi connectivity index (χ2v) is 15.0. The van der Waals surface area contributed by atoms with E-state index in [1.54, 1.807) is 30.6 Å². The zero-order chi connectivity index (χ0) is 34.6. The number of rotatable bonds is 7. The third kappa shape index (κ3) is 6.13. The predicted octanol–water partition coefficient (Wildman–Crippen LogP) is 3.17. The number of nitrogen functional groups attached to an aromatic ring is 2. The van der Waals surface area contributed by atoms with Crippen molar-refractivity contribution in [2.45, 2.75) is 67.3 Å². The lowest BCUT2D eigenvalue weighted by Crippen LogP contribution is -2.54. The van der Waals surface area contributed by atoms with E-state index in [0.717, 1.165) is 36.4 Å². The minimum Gasteiger partial charge on any atom is -0.382 e. The zero-order valence-electron chi connectivity index (χ0n) is 26.4. The van der Waals surface area contributed by atoms with Crippen LogP contribution in [0.15, 0.2) is 45.0 Å². The first-order valence-corrected chi connectivity index (χ1v) is 17.8. The first-order chi connectivity index (χ1) is 23.5. The number of anilines is 3. The number of aromatic nitrogens is 3. The Morgan fingerprint density at radius 2 is 1.86 bits per heavy atom. The van der Waals surface area contributed by atoms with Crippen molar-refractivity contribution in [3.8, 4) is 0 Å². The topological polar surface area (TPSA) is 199 Å². The number of nitrogens with one attached hydrogen (secondary N) is 2. The number of hydrogen-bond donors (Lipinski definition) is 4. The van der Waals surface area contributed by atoms with E-state index in [1.807, 2.05) is 0 Å². The number of nitrogens with two attached hydrogens (primary N) is 2. The standard InChI is InChI=1S/C32H33BrClN9O5S/c1-15-25(38-12-16-10-17-18(11-19(16)33)31(47)43(30(17)46)20-2-3-23(44)41-28(20)45)32(14-48-15)5-8-42(9-6-32)22-13-39-29(27(36)40-22)49-21-4-7-37-26(35)24(21)34/h4,7,10-11,13,15,20,25,38H,2-3,5-6,8-9,12,14H2,1H3,(H2,35,37)(H2,36,40)(H,41,44,45)/t15-,20?,25+/m0/s1. The molecule has 3 fully saturated rings. The summed E-state index contributed by atoms with van der Waals surface area (Å²) in [5, 5.41) is 6.80. The largest absolute Gasteiger partial charge is 0.382 e. The summed E-state index contributed by atoms with van der Waals surface area (Å²) in [6, 6.07) is 4.10. The van der Waals surface area contributed by atoms with Gasteiger partial charge in [0, 0.05) is 53.1 Å². The lowest BCUT2D eigenvalue weighted by atomic mass is 9.73. The lowest BCUT2D eigenvalue weighted by molar-refractivity contribution is -0.136.